The van der Waals surface area contributed by atoms with Crippen LogP contribution in [0.5, 0.6) is 5.75 Å². The van der Waals surface area contributed by atoms with Crippen LogP contribution in [0.15, 0.2) is 84.9 Å². The van der Waals surface area contributed by atoms with Crippen LogP contribution in [0.4, 0.5) is 0 Å². The lowest BCUT2D eigenvalue weighted by Gasteiger charge is -2.29. The van der Waals surface area contributed by atoms with E-state index in [-0.39, 0.29) is 50.3 Å². The summed E-state index contributed by atoms with van der Waals surface area (Å²) in [5.74, 6) is -3.81. The van der Waals surface area contributed by atoms with Gasteiger partial charge in [0, 0.05) is 19.4 Å². The summed E-state index contributed by atoms with van der Waals surface area (Å²) in [4.78, 5) is 68.1. The number of carbonyl (C=O) groups is 5. The average Bonchev–Trinajstić information content (AvgIpc) is 3.07. The zero-order valence-electron chi connectivity index (χ0n) is 27.9. The lowest BCUT2D eigenvalue weighted by atomic mass is 9.94. The Labute approximate surface area is 286 Å². The lowest BCUT2D eigenvalue weighted by molar-refractivity contribution is -0.137. The van der Waals surface area contributed by atoms with Crippen LogP contribution in [0.1, 0.15) is 43.4 Å². The summed E-state index contributed by atoms with van der Waals surface area (Å²) in [5.41, 5.74) is 8.54. The van der Waals surface area contributed by atoms with E-state index in [9.17, 15) is 29.1 Å². The molecule has 8 N–H and O–H groups in total. The van der Waals surface area contributed by atoms with Gasteiger partial charge in [0.1, 0.15) is 29.9 Å². The standard InChI is InChI=1S/C37H46N6O6/c1-23(2)19-28-33(45)39-18-17-30(40-35(47)29(38)20-26-13-15-27(44)16-14-26)36(48)41-31(21-24-9-5-3-6-10-24)37(49)43-32(42-34(28)46)22-25-11-7-4-8-12-25/h3-16,23,28-32,44H,17-22,38H2,1-2H3,(H,39,45)(H,40,47)(H,41,48)(H,42,46)(H,43,49)/t28-,29-,30-,31-,32-/m1/s1. The van der Waals surface area contributed by atoms with Crippen LogP contribution in [-0.2, 0) is 43.2 Å². The van der Waals surface area contributed by atoms with E-state index in [4.69, 9.17) is 5.73 Å². The van der Waals surface area contributed by atoms with Gasteiger partial charge in [-0.3, -0.25) is 24.0 Å². The molecule has 12 nitrogen and oxygen atoms in total. The van der Waals surface area contributed by atoms with Crippen LogP contribution in [0.25, 0.3) is 0 Å². The van der Waals surface area contributed by atoms with Crippen molar-refractivity contribution in [3.8, 4) is 5.75 Å². The quantitative estimate of drug-likeness (QED) is 0.159. The van der Waals surface area contributed by atoms with E-state index in [0.717, 1.165) is 11.1 Å². The number of nitrogens with one attached hydrogen (secondary N) is 5. The second-order valence-electron chi connectivity index (χ2n) is 12.8. The van der Waals surface area contributed by atoms with Crippen molar-refractivity contribution in [2.75, 3.05) is 6.54 Å². The monoisotopic (exact) mass is 670 g/mol. The van der Waals surface area contributed by atoms with Crippen molar-refractivity contribution in [1.29, 1.82) is 0 Å². The third-order valence-corrected chi connectivity index (χ3v) is 8.27. The SMILES string of the molecule is CC(C)C[C@@H]1C(=O)NCC[C@@H](NC(=O)[C@H](N)Cc2ccc(O)cc2)C(=O)N[C@H](Cc2ccccc2)C(=O)N[C@H](Cc2ccccc2)NC1=O. The van der Waals surface area contributed by atoms with Crippen LogP contribution in [0, 0.1) is 11.8 Å². The highest BCUT2D eigenvalue weighted by atomic mass is 16.3. The van der Waals surface area contributed by atoms with Gasteiger partial charge in [0.2, 0.25) is 29.5 Å². The van der Waals surface area contributed by atoms with E-state index in [2.05, 4.69) is 26.6 Å². The van der Waals surface area contributed by atoms with Gasteiger partial charge in [-0.05, 0) is 54.0 Å². The Bertz CT molecular complexity index is 1570. The molecule has 1 fully saturated rings. The van der Waals surface area contributed by atoms with Crippen molar-refractivity contribution >= 4 is 29.5 Å². The molecular weight excluding hydrogens is 624 g/mol. The molecule has 0 unspecified atom stereocenters. The predicted octanol–water partition coefficient (Wildman–Crippen LogP) is 1.46. The van der Waals surface area contributed by atoms with Crippen LogP contribution in [-0.4, -0.2) is 65.5 Å². The third kappa shape index (κ3) is 11.5. The fraction of sp³-hybridized carbons (Fsp3) is 0.378. The molecular formula is C37H46N6O6. The second kappa shape index (κ2) is 17.8. The highest BCUT2D eigenvalue weighted by Gasteiger charge is 2.33. The van der Waals surface area contributed by atoms with Gasteiger partial charge in [-0.15, -0.1) is 0 Å². The zero-order chi connectivity index (χ0) is 35.3. The van der Waals surface area contributed by atoms with Gasteiger partial charge in [0.05, 0.1) is 6.04 Å². The normalized spacial score (nSPS) is 21.4. The van der Waals surface area contributed by atoms with Crippen molar-refractivity contribution < 1.29 is 29.1 Å². The van der Waals surface area contributed by atoms with Gasteiger partial charge < -0.3 is 37.4 Å². The Balaban J connectivity index is 1.63. The summed E-state index contributed by atoms with van der Waals surface area (Å²) in [6.07, 6.45) is -0.146. The topological polar surface area (TPSA) is 192 Å². The minimum Gasteiger partial charge on any atom is -0.508 e. The molecule has 1 saturated heterocycles. The fourth-order valence-electron chi connectivity index (χ4n) is 5.66. The van der Waals surface area contributed by atoms with Crippen molar-refractivity contribution in [3.63, 3.8) is 0 Å². The maximum Gasteiger partial charge on any atom is 0.244 e. The number of phenols is 1. The first-order valence-corrected chi connectivity index (χ1v) is 16.6. The second-order valence-corrected chi connectivity index (χ2v) is 12.8. The molecule has 0 aliphatic carbocycles. The van der Waals surface area contributed by atoms with Crippen molar-refractivity contribution in [2.45, 2.75) is 70.2 Å². The highest BCUT2D eigenvalue weighted by Crippen LogP contribution is 2.15. The number of rotatable bonds is 10. The van der Waals surface area contributed by atoms with Gasteiger partial charge in [-0.1, -0.05) is 86.6 Å². The molecule has 49 heavy (non-hydrogen) atoms. The Morgan fingerprint density at radius 2 is 1.37 bits per heavy atom. The zero-order valence-corrected chi connectivity index (χ0v) is 27.9. The molecule has 3 aromatic rings. The predicted molar refractivity (Wildman–Crippen MR) is 185 cm³/mol. The number of hydrogen-bond acceptors (Lipinski definition) is 7. The van der Waals surface area contributed by atoms with Crippen molar-refractivity contribution in [2.24, 2.45) is 17.6 Å². The van der Waals surface area contributed by atoms with Gasteiger partial charge in [0.25, 0.3) is 0 Å². The Kier molecular flexibility index (Phi) is 13.3. The summed E-state index contributed by atoms with van der Waals surface area (Å²) in [5, 5.41) is 23.6. The summed E-state index contributed by atoms with van der Waals surface area (Å²) in [7, 11) is 0. The highest BCUT2D eigenvalue weighted by molar-refractivity contribution is 6.01. The number of hydrogen-bond donors (Lipinski definition) is 7. The molecule has 260 valence electrons. The molecule has 12 heteroatoms. The Hall–Kier alpha value is -5.23. The molecule has 0 saturated carbocycles. The van der Waals surface area contributed by atoms with E-state index in [1.807, 2.05) is 74.5 Å². The first-order chi connectivity index (χ1) is 23.5. The third-order valence-electron chi connectivity index (χ3n) is 8.27. The van der Waals surface area contributed by atoms with Crippen molar-refractivity contribution in [3.05, 3.63) is 102 Å². The molecule has 0 radical (unpaired) electrons. The molecule has 1 aliphatic heterocycles. The smallest absolute Gasteiger partial charge is 0.244 e. The minimum atomic E-state index is -1.16. The van der Waals surface area contributed by atoms with Gasteiger partial charge in [-0.25, -0.2) is 0 Å². The van der Waals surface area contributed by atoms with Crippen molar-refractivity contribution in [1.82, 2.24) is 26.6 Å². The fourth-order valence-corrected chi connectivity index (χ4v) is 5.66. The summed E-state index contributed by atoms with van der Waals surface area (Å²) >= 11 is 0. The number of nitrogens with two attached hydrogens (primary N) is 1. The minimum absolute atomic E-state index is 0.00526. The molecule has 3 aromatic carbocycles. The molecule has 0 aromatic heterocycles. The first kappa shape index (κ1) is 36.6. The summed E-state index contributed by atoms with van der Waals surface area (Å²) in [6, 6.07) is 21.5. The van der Waals surface area contributed by atoms with Crippen LogP contribution in [0.2, 0.25) is 0 Å². The lowest BCUT2D eigenvalue weighted by Crippen LogP contribution is -2.60. The first-order valence-electron chi connectivity index (χ1n) is 16.6. The number of aromatic hydroxyl groups is 1. The van der Waals surface area contributed by atoms with Crippen LogP contribution in [0.3, 0.4) is 0 Å². The summed E-state index contributed by atoms with van der Waals surface area (Å²) < 4.78 is 0. The Morgan fingerprint density at radius 3 is 1.98 bits per heavy atom. The number of benzene rings is 3. The molecule has 1 heterocycles. The largest absolute Gasteiger partial charge is 0.508 e. The van der Waals surface area contributed by atoms with Gasteiger partial charge in [0.15, 0.2) is 0 Å². The maximum absolute atomic E-state index is 13.9. The number of phenolic OH excluding ortho intramolecular Hbond substituents is 1. The molecule has 5 amide bonds. The Morgan fingerprint density at radius 1 is 0.776 bits per heavy atom. The summed E-state index contributed by atoms with van der Waals surface area (Å²) in [6.45, 7) is 3.77. The molecule has 4 rings (SSSR count). The molecule has 5 atom stereocenters. The maximum atomic E-state index is 13.9. The van der Waals surface area contributed by atoms with E-state index in [1.165, 1.54) is 12.1 Å². The van der Waals surface area contributed by atoms with Crippen LogP contribution < -0.4 is 32.3 Å². The number of amides is 5. The van der Waals surface area contributed by atoms with E-state index < -0.39 is 59.7 Å². The number of carbonyl (C=O) groups excluding carboxylic acids is 5. The van der Waals surface area contributed by atoms with Gasteiger partial charge in [-0.2, -0.15) is 0 Å². The van der Waals surface area contributed by atoms with E-state index in [1.54, 1.807) is 12.1 Å². The van der Waals surface area contributed by atoms with Crippen LogP contribution >= 0.6 is 0 Å². The van der Waals surface area contributed by atoms with E-state index in [0.29, 0.717) is 5.56 Å². The molecule has 1 aliphatic rings. The van der Waals surface area contributed by atoms with E-state index >= 15 is 0 Å². The molecule has 0 bridgehead atoms. The molecule has 0 spiro atoms. The average molecular weight is 671 g/mol. The van der Waals surface area contributed by atoms with Gasteiger partial charge >= 0.3 is 0 Å².